The van der Waals surface area contributed by atoms with Crippen molar-refractivity contribution in [1.82, 2.24) is 5.32 Å². The van der Waals surface area contributed by atoms with Crippen molar-refractivity contribution >= 4 is 5.69 Å². The second kappa shape index (κ2) is 4.93. The number of nitrogens with one attached hydrogen (secondary N) is 2. The molecule has 2 heteroatoms. The average molecular weight is 244 g/mol. The van der Waals surface area contributed by atoms with Gasteiger partial charge in [0.25, 0.3) is 0 Å². The zero-order valence-corrected chi connectivity index (χ0v) is 11.4. The highest BCUT2D eigenvalue weighted by atomic mass is 15.0. The molecule has 0 saturated heterocycles. The number of rotatable bonds is 3. The number of fused-ring (bicyclic) bond motifs is 1. The Morgan fingerprint density at radius 3 is 2.89 bits per heavy atom. The van der Waals surface area contributed by atoms with Crippen LogP contribution in [0.5, 0.6) is 0 Å². The summed E-state index contributed by atoms with van der Waals surface area (Å²) in [7, 11) is 0. The molecule has 0 aromatic heterocycles. The van der Waals surface area contributed by atoms with Crippen LogP contribution >= 0.6 is 0 Å². The predicted octanol–water partition coefficient (Wildman–Crippen LogP) is 3.47. The molecule has 1 aromatic rings. The summed E-state index contributed by atoms with van der Waals surface area (Å²) in [5.74, 6) is 0. The molecule has 0 spiro atoms. The van der Waals surface area contributed by atoms with Gasteiger partial charge in [0, 0.05) is 24.3 Å². The molecule has 98 valence electrons. The van der Waals surface area contributed by atoms with E-state index in [1.165, 1.54) is 55.3 Å². The summed E-state index contributed by atoms with van der Waals surface area (Å²) in [5.41, 5.74) is 4.63. The van der Waals surface area contributed by atoms with Crippen LogP contribution in [0.3, 0.4) is 0 Å². The number of anilines is 1. The Bertz CT molecular complexity index is 419. The molecule has 0 bridgehead atoms. The number of benzene rings is 1. The molecule has 2 aliphatic rings. The van der Waals surface area contributed by atoms with Crippen LogP contribution < -0.4 is 10.6 Å². The van der Waals surface area contributed by atoms with E-state index in [1.54, 1.807) is 0 Å². The van der Waals surface area contributed by atoms with Crippen LogP contribution in [0.25, 0.3) is 0 Å². The molecule has 2 N–H and O–H groups in total. The van der Waals surface area contributed by atoms with Crippen LogP contribution in [0.2, 0.25) is 0 Å². The van der Waals surface area contributed by atoms with Crippen molar-refractivity contribution in [3.63, 3.8) is 0 Å². The summed E-state index contributed by atoms with van der Waals surface area (Å²) < 4.78 is 0. The molecular formula is C16H24N2. The van der Waals surface area contributed by atoms with Gasteiger partial charge < -0.3 is 10.6 Å². The summed E-state index contributed by atoms with van der Waals surface area (Å²) in [4.78, 5) is 0. The third-order valence-corrected chi connectivity index (χ3v) is 4.56. The van der Waals surface area contributed by atoms with Gasteiger partial charge in [0.15, 0.2) is 0 Å². The van der Waals surface area contributed by atoms with Gasteiger partial charge in [-0.15, -0.1) is 0 Å². The summed E-state index contributed by atoms with van der Waals surface area (Å²) in [5, 5.41) is 7.20. The summed E-state index contributed by atoms with van der Waals surface area (Å²) in [6.45, 7) is 4.51. The lowest BCUT2D eigenvalue weighted by molar-refractivity contribution is 0.252. The molecule has 3 rings (SSSR count). The van der Waals surface area contributed by atoms with Gasteiger partial charge in [-0.2, -0.15) is 0 Å². The van der Waals surface area contributed by atoms with E-state index in [-0.39, 0.29) is 0 Å². The Labute approximate surface area is 110 Å². The fourth-order valence-electron chi connectivity index (χ4n) is 3.29. The van der Waals surface area contributed by atoms with Gasteiger partial charge in [-0.1, -0.05) is 31.4 Å². The molecule has 0 amide bonds. The molecule has 1 fully saturated rings. The maximum absolute atomic E-state index is 3.79. The fourth-order valence-corrected chi connectivity index (χ4v) is 3.29. The van der Waals surface area contributed by atoms with E-state index < -0.39 is 0 Å². The number of hydrogen-bond acceptors (Lipinski definition) is 2. The third-order valence-electron chi connectivity index (χ3n) is 4.56. The Hall–Kier alpha value is -1.02. The second-order valence-electron chi connectivity index (χ2n) is 6.14. The minimum absolute atomic E-state index is 0.371. The normalized spacial score (nSPS) is 21.4. The lowest BCUT2D eigenvalue weighted by atomic mass is 9.83. The first-order valence-electron chi connectivity index (χ1n) is 7.36. The van der Waals surface area contributed by atoms with Crippen LogP contribution in [0.4, 0.5) is 5.69 Å². The van der Waals surface area contributed by atoms with Crippen LogP contribution in [0.15, 0.2) is 18.2 Å². The maximum atomic E-state index is 3.79. The Balaban J connectivity index is 1.62. The van der Waals surface area contributed by atoms with E-state index >= 15 is 0 Å². The zero-order chi connectivity index (χ0) is 12.4. The Morgan fingerprint density at radius 2 is 2.06 bits per heavy atom. The van der Waals surface area contributed by atoms with Gasteiger partial charge in [-0.05, 0) is 43.4 Å². The van der Waals surface area contributed by atoms with Crippen molar-refractivity contribution in [2.45, 2.75) is 57.5 Å². The van der Waals surface area contributed by atoms with E-state index in [0.717, 1.165) is 13.1 Å². The molecule has 0 unspecified atom stereocenters. The summed E-state index contributed by atoms with van der Waals surface area (Å²) >= 11 is 0. The van der Waals surface area contributed by atoms with Gasteiger partial charge in [0.05, 0.1) is 0 Å². The minimum Gasteiger partial charge on any atom is -0.384 e. The molecule has 2 nitrogen and oxygen atoms in total. The van der Waals surface area contributed by atoms with Crippen LogP contribution in [0, 0.1) is 0 Å². The first kappa shape index (κ1) is 12.0. The first-order chi connectivity index (χ1) is 8.75. The van der Waals surface area contributed by atoms with Crippen molar-refractivity contribution in [1.29, 1.82) is 0 Å². The summed E-state index contributed by atoms with van der Waals surface area (Å²) in [6, 6.07) is 6.87. The monoisotopic (exact) mass is 244 g/mol. The smallest absolute Gasteiger partial charge is 0.0373 e. The molecule has 1 saturated carbocycles. The molecule has 1 aromatic carbocycles. The first-order valence-corrected chi connectivity index (χ1v) is 7.36. The minimum atomic E-state index is 0.371. The largest absolute Gasteiger partial charge is 0.384 e. The van der Waals surface area contributed by atoms with E-state index in [2.05, 4.69) is 35.8 Å². The molecule has 1 aliphatic carbocycles. The second-order valence-corrected chi connectivity index (χ2v) is 6.14. The highest BCUT2D eigenvalue weighted by molar-refractivity contribution is 5.56. The van der Waals surface area contributed by atoms with Crippen LogP contribution in [-0.2, 0) is 13.0 Å². The lowest BCUT2D eigenvalue weighted by Gasteiger charge is -2.35. The fraction of sp³-hybridized carbons (Fsp3) is 0.625. The molecule has 18 heavy (non-hydrogen) atoms. The standard InChI is InChI=1S/C16H24N2/c1-16(8-3-2-4-9-16)18-12-13-5-6-15-14(11-13)7-10-17-15/h5-6,11,17-18H,2-4,7-10,12H2,1H3. The zero-order valence-electron chi connectivity index (χ0n) is 11.4. The van der Waals surface area contributed by atoms with E-state index in [4.69, 9.17) is 0 Å². The quantitative estimate of drug-likeness (QED) is 0.851. The van der Waals surface area contributed by atoms with Gasteiger partial charge in [0.1, 0.15) is 0 Å². The van der Waals surface area contributed by atoms with Crippen molar-refractivity contribution in [2.75, 3.05) is 11.9 Å². The molecule has 0 atom stereocenters. The molecule has 1 heterocycles. The Morgan fingerprint density at radius 1 is 1.22 bits per heavy atom. The van der Waals surface area contributed by atoms with Crippen LogP contribution in [-0.4, -0.2) is 12.1 Å². The van der Waals surface area contributed by atoms with Crippen molar-refractivity contribution in [2.24, 2.45) is 0 Å². The predicted molar refractivity (Wildman–Crippen MR) is 77.0 cm³/mol. The molecule has 0 radical (unpaired) electrons. The highest BCUT2D eigenvalue weighted by Crippen LogP contribution is 2.28. The Kier molecular flexibility index (Phi) is 3.29. The summed E-state index contributed by atoms with van der Waals surface area (Å²) in [6.07, 6.45) is 8.04. The van der Waals surface area contributed by atoms with Crippen molar-refractivity contribution < 1.29 is 0 Å². The van der Waals surface area contributed by atoms with Gasteiger partial charge in [-0.25, -0.2) is 0 Å². The van der Waals surface area contributed by atoms with Gasteiger partial charge >= 0.3 is 0 Å². The van der Waals surface area contributed by atoms with E-state index in [1.807, 2.05) is 0 Å². The van der Waals surface area contributed by atoms with Crippen molar-refractivity contribution in [3.05, 3.63) is 29.3 Å². The van der Waals surface area contributed by atoms with Crippen LogP contribution in [0.1, 0.15) is 50.2 Å². The van der Waals surface area contributed by atoms with Gasteiger partial charge in [0.2, 0.25) is 0 Å². The average Bonchev–Trinajstić information content (AvgIpc) is 2.85. The van der Waals surface area contributed by atoms with E-state index in [9.17, 15) is 0 Å². The topological polar surface area (TPSA) is 24.1 Å². The molecule has 1 aliphatic heterocycles. The third kappa shape index (κ3) is 2.54. The number of hydrogen-bond donors (Lipinski definition) is 2. The maximum Gasteiger partial charge on any atom is 0.0373 e. The SMILES string of the molecule is CC1(NCc2ccc3c(c2)CCN3)CCCCC1. The lowest BCUT2D eigenvalue weighted by Crippen LogP contribution is -2.43. The van der Waals surface area contributed by atoms with E-state index in [0.29, 0.717) is 5.54 Å². The highest BCUT2D eigenvalue weighted by Gasteiger charge is 2.25. The molecular weight excluding hydrogens is 220 g/mol. The van der Waals surface area contributed by atoms with Crippen molar-refractivity contribution in [3.8, 4) is 0 Å². The van der Waals surface area contributed by atoms with Gasteiger partial charge in [-0.3, -0.25) is 0 Å².